The lowest BCUT2D eigenvalue weighted by molar-refractivity contribution is 1.13. The van der Waals surface area contributed by atoms with E-state index < -0.39 is 0 Å². The van der Waals surface area contributed by atoms with Gasteiger partial charge in [-0.05, 0) is 31.2 Å². The molecule has 0 atom stereocenters. The molecule has 0 spiro atoms. The van der Waals surface area contributed by atoms with Gasteiger partial charge in [-0.2, -0.15) is 0 Å². The Bertz CT molecular complexity index is 773. The number of fused-ring (bicyclic) bond motifs is 1. The van der Waals surface area contributed by atoms with E-state index in [4.69, 9.17) is 5.73 Å². The van der Waals surface area contributed by atoms with E-state index >= 15 is 0 Å². The molecule has 3 rings (SSSR count). The van der Waals surface area contributed by atoms with Gasteiger partial charge in [0.25, 0.3) is 0 Å². The van der Waals surface area contributed by atoms with Crippen molar-refractivity contribution in [2.24, 2.45) is 0 Å². The van der Waals surface area contributed by atoms with Crippen LogP contribution in [0.2, 0.25) is 0 Å². The van der Waals surface area contributed by atoms with Gasteiger partial charge in [-0.25, -0.2) is 15.0 Å². The van der Waals surface area contributed by atoms with E-state index in [2.05, 4.69) is 51.5 Å². The molecule has 112 valence electrons. The van der Waals surface area contributed by atoms with Crippen molar-refractivity contribution in [1.29, 1.82) is 0 Å². The molecule has 2 heterocycles. The number of benzene rings is 1. The molecular weight excluding hydrogens is 294 g/mol. The monoisotopic (exact) mass is 311 g/mol. The van der Waals surface area contributed by atoms with Gasteiger partial charge >= 0.3 is 0 Å². The third-order valence-electron chi connectivity index (χ3n) is 3.20. The second-order valence-corrected chi connectivity index (χ2v) is 6.09. The number of nitrogens with zero attached hydrogens (tertiary/aromatic N) is 3. The lowest BCUT2D eigenvalue weighted by atomic mass is 10.2. The van der Waals surface area contributed by atoms with E-state index in [1.54, 1.807) is 6.07 Å². The van der Waals surface area contributed by atoms with Crippen LogP contribution in [0.1, 0.15) is 5.56 Å². The zero-order valence-corrected chi connectivity index (χ0v) is 13.1. The Hall–Kier alpha value is -2.34. The second kappa shape index (κ2) is 6.62. The average molecular weight is 311 g/mol. The number of anilines is 2. The molecule has 0 aliphatic carbocycles. The highest BCUT2D eigenvalue weighted by atomic mass is 32.2. The summed E-state index contributed by atoms with van der Waals surface area (Å²) in [6, 6.07) is 12.2. The predicted octanol–water partition coefficient (Wildman–Crippen LogP) is 3.12. The maximum absolute atomic E-state index is 5.68. The molecule has 0 fully saturated rings. The SMILES string of the molecule is Cc1ccc(SCCNc2ncnc3nc(N)ccc23)cc1. The summed E-state index contributed by atoms with van der Waals surface area (Å²) in [6.07, 6.45) is 1.50. The molecule has 6 heteroatoms. The second-order valence-electron chi connectivity index (χ2n) is 4.92. The van der Waals surface area contributed by atoms with E-state index in [0.717, 1.165) is 23.5 Å². The van der Waals surface area contributed by atoms with E-state index in [9.17, 15) is 0 Å². The zero-order chi connectivity index (χ0) is 15.4. The molecule has 22 heavy (non-hydrogen) atoms. The van der Waals surface area contributed by atoms with Crippen LogP contribution in [-0.2, 0) is 0 Å². The highest BCUT2D eigenvalue weighted by Gasteiger charge is 2.04. The van der Waals surface area contributed by atoms with Gasteiger partial charge in [-0.3, -0.25) is 0 Å². The molecule has 0 amide bonds. The largest absolute Gasteiger partial charge is 0.384 e. The van der Waals surface area contributed by atoms with Crippen LogP contribution < -0.4 is 11.1 Å². The standard InChI is InChI=1S/C16H17N5S/c1-11-2-4-12(5-3-11)22-9-8-18-15-13-6-7-14(17)21-16(13)20-10-19-15/h2-7,10H,8-9H2,1H3,(H3,17,18,19,20,21). The number of rotatable bonds is 5. The van der Waals surface area contributed by atoms with E-state index in [1.165, 1.54) is 16.8 Å². The molecule has 0 aliphatic rings. The Balaban J connectivity index is 1.61. The summed E-state index contributed by atoms with van der Waals surface area (Å²) in [7, 11) is 0. The van der Waals surface area contributed by atoms with Crippen molar-refractivity contribution < 1.29 is 0 Å². The highest BCUT2D eigenvalue weighted by Crippen LogP contribution is 2.20. The Morgan fingerprint density at radius 2 is 1.91 bits per heavy atom. The number of aromatic nitrogens is 3. The van der Waals surface area contributed by atoms with Crippen LogP contribution in [0.25, 0.3) is 11.0 Å². The quantitative estimate of drug-likeness (QED) is 0.557. The number of hydrogen-bond acceptors (Lipinski definition) is 6. The minimum absolute atomic E-state index is 0.465. The topological polar surface area (TPSA) is 76.7 Å². The van der Waals surface area contributed by atoms with Gasteiger partial charge in [-0.15, -0.1) is 11.8 Å². The Kier molecular flexibility index (Phi) is 4.39. The minimum Gasteiger partial charge on any atom is -0.384 e. The van der Waals surface area contributed by atoms with E-state index in [1.807, 2.05) is 17.8 Å². The van der Waals surface area contributed by atoms with Crippen LogP contribution in [0.3, 0.4) is 0 Å². The molecule has 0 saturated carbocycles. The predicted molar refractivity (Wildman–Crippen MR) is 92.1 cm³/mol. The van der Waals surface area contributed by atoms with Crippen molar-refractivity contribution in [2.75, 3.05) is 23.3 Å². The lowest BCUT2D eigenvalue weighted by Crippen LogP contribution is -2.07. The Morgan fingerprint density at radius 3 is 2.73 bits per heavy atom. The van der Waals surface area contributed by atoms with Crippen molar-refractivity contribution >= 4 is 34.4 Å². The number of nitrogens with one attached hydrogen (secondary N) is 1. The highest BCUT2D eigenvalue weighted by molar-refractivity contribution is 7.99. The zero-order valence-electron chi connectivity index (χ0n) is 12.3. The summed E-state index contributed by atoms with van der Waals surface area (Å²) in [6.45, 7) is 2.91. The Morgan fingerprint density at radius 1 is 1.09 bits per heavy atom. The molecule has 0 aliphatic heterocycles. The first kappa shape index (κ1) is 14.6. The summed E-state index contributed by atoms with van der Waals surface area (Å²) >= 11 is 1.81. The first-order valence-corrected chi connectivity index (χ1v) is 8.01. The van der Waals surface area contributed by atoms with Crippen LogP contribution in [-0.4, -0.2) is 27.2 Å². The summed E-state index contributed by atoms with van der Waals surface area (Å²) in [5.74, 6) is 2.21. The van der Waals surface area contributed by atoms with Gasteiger partial charge in [0.15, 0.2) is 5.65 Å². The van der Waals surface area contributed by atoms with Crippen LogP contribution in [0.15, 0.2) is 47.6 Å². The molecule has 0 radical (unpaired) electrons. The number of nitrogens with two attached hydrogens (primary N) is 1. The molecule has 5 nitrogen and oxygen atoms in total. The lowest BCUT2D eigenvalue weighted by Gasteiger charge is -2.08. The molecule has 2 aromatic heterocycles. The van der Waals surface area contributed by atoms with Gasteiger partial charge in [0.05, 0.1) is 5.39 Å². The van der Waals surface area contributed by atoms with Gasteiger partial charge in [0, 0.05) is 17.2 Å². The van der Waals surface area contributed by atoms with Crippen molar-refractivity contribution in [2.45, 2.75) is 11.8 Å². The minimum atomic E-state index is 0.465. The fraction of sp³-hybridized carbons (Fsp3) is 0.188. The molecular formula is C16H17N5S. The fourth-order valence-corrected chi connectivity index (χ4v) is 2.84. The molecule has 0 unspecified atom stereocenters. The number of aryl methyl sites for hydroxylation is 1. The van der Waals surface area contributed by atoms with E-state index in [0.29, 0.717) is 11.5 Å². The number of nitrogen functional groups attached to an aromatic ring is 1. The number of thioether (sulfide) groups is 1. The average Bonchev–Trinajstić information content (AvgIpc) is 2.53. The summed E-state index contributed by atoms with van der Waals surface area (Å²) in [5.41, 5.74) is 7.57. The molecule has 0 saturated heterocycles. The van der Waals surface area contributed by atoms with Crippen LogP contribution >= 0.6 is 11.8 Å². The number of pyridine rings is 1. The molecule has 3 aromatic rings. The first-order valence-electron chi connectivity index (χ1n) is 7.03. The fourth-order valence-electron chi connectivity index (χ4n) is 2.07. The summed E-state index contributed by atoms with van der Waals surface area (Å²) in [5, 5.41) is 4.22. The number of hydrogen-bond donors (Lipinski definition) is 2. The maximum atomic E-state index is 5.68. The van der Waals surface area contributed by atoms with Gasteiger partial charge < -0.3 is 11.1 Å². The third-order valence-corrected chi connectivity index (χ3v) is 4.22. The van der Waals surface area contributed by atoms with Gasteiger partial charge in [-0.1, -0.05) is 17.7 Å². The van der Waals surface area contributed by atoms with Crippen LogP contribution in [0.5, 0.6) is 0 Å². The maximum Gasteiger partial charge on any atom is 0.166 e. The van der Waals surface area contributed by atoms with Crippen LogP contribution in [0, 0.1) is 6.92 Å². The van der Waals surface area contributed by atoms with Crippen molar-refractivity contribution in [3.05, 3.63) is 48.3 Å². The van der Waals surface area contributed by atoms with Gasteiger partial charge in [0.2, 0.25) is 0 Å². The van der Waals surface area contributed by atoms with Crippen molar-refractivity contribution in [1.82, 2.24) is 15.0 Å². The first-order chi connectivity index (χ1) is 10.7. The normalized spacial score (nSPS) is 10.8. The third kappa shape index (κ3) is 3.46. The molecule has 0 bridgehead atoms. The van der Waals surface area contributed by atoms with Crippen LogP contribution in [0.4, 0.5) is 11.6 Å². The smallest absolute Gasteiger partial charge is 0.166 e. The summed E-state index contributed by atoms with van der Waals surface area (Å²) in [4.78, 5) is 13.9. The summed E-state index contributed by atoms with van der Waals surface area (Å²) < 4.78 is 0. The van der Waals surface area contributed by atoms with Crippen molar-refractivity contribution in [3.63, 3.8) is 0 Å². The van der Waals surface area contributed by atoms with Gasteiger partial charge in [0.1, 0.15) is 18.0 Å². The van der Waals surface area contributed by atoms with E-state index in [-0.39, 0.29) is 0 Å². The molecule has 1 aromatic carbocycles. The molecule has 3 N–H and O–H groups in total. The van der Waals surface area contributed by atoms with Crippen molar-refractivity contribution in [3.8, 4) is 0 Å². The Labute approximate surface area is 133 Å².